The van der Waals surface area contributed by atoms with E-state index in [1.54, 1.807) is 0 Å². The molecule has 5 nitrogen and oxygen atoms in total. The molecule has 0 aliphatic heterocycles. The van der Waals surface area contributed by atoms with E-state index in [-0.39, 0.29) is 28.1 Å². The molecule has 0 unspecified atom stereocenters. The lowest BCUT2D eigenvalue weighted by Gasteiger charge is -2.10. The van der Waals surface area contributed by atoms with Crippen molar-refractivity contribution in [2.45, 2.75) is 26.6 Å². The number of hydrogen-bond donors (Lipinski definition) is 1. The fraction of sp³-hybridized carbons (Fsp3) is 0.235. The molecule has 0 bridgehead atoms. The molecular weight excluding hydrogens is 371 g/mol. The normalized spacial score (nSPS) is 11.8. The zero-order valence-corrected chi connectivity index (χ0v) is 14.2. The highest BCUT2D eigenvalue weighted by Crippen LogP contribution is 2.36. The van der Waals surface area contributed by atoms with Gasteiger partial charge in [0.2, 0.25) is 5.91 Å². The smallest absolute Gasteiger partial charge is 0.324 e. The Morgan fingerprint density at radius 2 is 1.85 bits per heavy atom. The first-order valence-electron chi connectivity index (χ1n) is 7.73. The van der Waals surface area contributed by atoms with Crippen molar-refractivity contribution in [3.8, 4) is 0 Å². The second-order valence-corrected chi connectivity index (χ2v) is 5.93. The first-order valence-corrected chi connectivity index (χ1v) is 7.73. The SMILES string of the molecule is Cc1cc(C(F)(F)F)c2c(C)nn(CC(=O)Nc3ccc(F)c(F)c3)c2n1. The Balaban J connectivity index is 1.94. The van der Waals surface area contributed by atoms with Crippen LogP contribution < -0.4 is 5.32 Å². The highest BCUT2D eigenvalue weighted by molar-refractivity contribution is 5.92. The van der Waals surface area contributed by atoms with E-state index in [0.717, 1.165) is 28.9 Å². The molecule has 3 rings (SSSR count). The number of alkyl halides is 3. The van der Waals surface area contributed by atoms with Gasteiger partial charge in [-0.1, -0.05) is 0 Å². The molecule has 0 radical (unpaired) electrons. The van der Waals surface area contributed by atoms with Crippen molar-refractivity contribution in [3.05, 3.63) is 52.9 Å². The number of nitrogens with zero attached hydrogens (tertiary/aromatic N) is 3. The number of carbonyl (C=O) groups excluding carboxylic acids is 1. The molecular formula is C17H13F5N4O. The summed E-state index contributed by atoms with van der Waals surface area (Å²) >= 11 is 0. The standard InChI is InChI=1S/C17H13F5N4O/c1-8-5-11(17(20,21)22)15-9(2)25-26(16(15)23-8)7-14(27)24-10-3-4-12(18)13(19)6-10/h3-6H,7H2,1-2H3,(H,24,27). The number of benzene rings is 1. The van der Waals surface area contributed by atoms with E-state index < -0.39 is 35.8 Å². The topological polar surface area (TPSA) is 59.8 Å². The monoisotopic (exact) mass is 384 g/mol. The van der Waals surface area contributed by atoms with E-state index in [9.17, 15) is 26.7 Å². The summed E-state index contributed by atoms with van der Waals surface area (Å²) in [6.45, 7) is 2.35. The number of rotatable bonds is 3. The fourth-order valence-corrected chi connectivity index (χ4v) is 2.72. The van der Waals surface area contributed by atoms with Crippen LogP contribution in [0.15, 0.2) is 24.3 Å². The predicted octanol–water partition coefficient (Wildman–Crippen LogP) is 3.98. The Morgan fingerprint density at radius 3 is 2.48 bits per heavy atom. The number of carbonyl (C=O) groups is 1. The Labute approximate surface area is 149 Å². The van der Waals surface area contributed by atoms with E-state index in [4.69, 9.17) is 0 Å². The quantitative estimate of drug-likeness (QED) is 0.695. The maximum absolute atomic E-state index is 13.3. The van der Waals surface area contributed by atoms with Gasteiger partial charge in [-0.25, -0.2) is 18.4 Å². The van der Waals surface area contributed by atoms with E-state index in [1.807, 2.05) is 0 Å². The van der Waals surface area contributed by atoms with Gasteiger partial charge >= 0.3 is 6.18 Å². The van der Waals surface area contributed by atoms with Crippen LogP contribution in [0.3, 0.4) is 0 Å². The zero-order valence-electron chi connectivity index (χ0n) is 14.2. The van der Waals surface area contributed by atoms with E-state index in [1.165, 1.54) is 13.8 Å². The van der Waals surface area contributed by atoms with Crippen LogP contribution in [-0.4, -0.2) is 20.7 Å². The van der Waals surface area contributed by atoms with Crippen molar-refractivity contribution in [3.63, 3.8) is 0 Å². The lowest BCUT2D eigenvalue weighted by atomic mass is 10.1. The summed E-state index contributed by atoms with van der Waals surface area (Å²) in [5, 5.41) is 6.13. The number of aromatic nitrogens is 3. The van der Waals surface area contributed by atoms with Crippen molar-refractivity contribution in [1.29, 1.82) is 0 Å². The van der Waals surface area contributed by atoms with Crippen molar-refractivity contribution in [1.82, 2.24) is 14.8 Å². The average molecular weight is 384 g/mol. The van der Waals surface area contributed by atoms with Gasteiger partial charge in [0.15, 0.2) is 17.3 Å². The third-order valence-corrected chi connectivity index (χ3v) is 3.81. The van der Waals surface area contributed by atoms with Gasteiger partial charge in [0, 0.05) is 17.4 Å². The van der Waals surface area contributed by atoms with Crippen LogP contribution in [0.4, 0.5) is 27.6 Å². The van der Waals surface area contributed by atoms with Gasteiger partial charge in [-0.05, 0) is 32.0 Å². The summed E-state index contributed by atoms with van der Waals surface area (Å²) in [5.41, 5.74) is -0.760. The molecule has 0 spiro atoms. The van der Waals surface area contributed by atoms with E-state index in [2.05, 4.69) is 15.4 Å². The molecule has 0 saturated carbocycles. The minimum absolute atomic E-state index is 0.00667. The number of amides is 1. The molecule has 1 N–H and O–H groups in total. The molecule has 1 amide bonds. The highest BCUT2D eigenvalue weighted by Gasteiger charge is 2.35. The number of anilines is 1. The Kier molecular flexibility index (Phi) is 4.58. The fourth-order valence-electron chi connectivity index (χ4n) is 2.72. The minimum atomic E-state index is -4.60. The predicted molar refractivity (Wildman–Crippen MR) is 87.0 cm³/mol. The summed E-state index contributed by atoms with van der Waals surface area (Å²) in [6, 6.07) is 3.72. The van der Waals surface area contributed by atoms with E-state index in [0.29, 0.717) is 0 Å². The van der Waals surface area contributed by atoms with E-state index >= 15 is 0 Å². The molecule has 2 heterocycles. The molecule has 0 aliphatic rings. The molecule has 0 aliphatic carbocycles. The summed E-state index contributed by atoms with van der Waals surface area (Å²) in [4.78, 5) is 16.2. The maximum Gasteiger partial charge on any atom is 0.417 e. The molecule has 1 aromatic carbocycles. The molecule has 0 fully saturated rings. The van der Waals surface area contributed by atoms with Crippen LogP contribution in [0.2, 0.25) is 0 Å². The maximum atomic E-state index is 13.3. The Morgan fingerprint density at radius 1 is 1.15 bits per heavy atom. The molecule has 10 heteroatoms. The second-order valence-electron chi connectivity index (χ2n) is 5.93. The lowest BCUT2D eigenvalue weighted by molar-refractivity contribution is -0.136. The van der Waals surface area contributed by atoms with Crippen LogP contribution in [0.1, 0.15) is 17.0 Å². The van der Waals surface area contributed by atoms with Crippen LogP contribution in [0.25, 0.3) is 11.0 Å². The molecule has 2 aromatic heterocycles. The third kappa shape index (κ3) is 3.74. The van der Waals surface area contributed by atoms with Gasteiger partial charge in [-0.3, -0.25) is 4.79 Å². The second kappa shape index (κ2) is 6.60. The number of pyridine rings is 1. The van der Waals surface area contributed by atoms with Gasteiger partial charge in [0.1, 0.15) is 6.54 Å². The van der Waals surface area contributed by atoms with Crippen LogP contribution >= 0.6 is 0 Å². The van der Waals surface area contributed by atoms with Crippen molar-refractivity contribution in [2.24, 2.45) is 0 Å². The average Bonchev–Trinajstić information content (AvgIpc) is 2.85. The van der Waals surface area contributed by atoms with Gasteiger partial charge in [-0.15, -0.1) is 0 Å². The lowest BCUT2D eigenvalue weighted by Crippen LogP contribution is -2.20. The highest BCUT2D eigenvalue weighted by atomic mass is 19.4. The number of aryl methyl sites for hydroxylation is 2. The van der Waals surface area contributed by atoms with Crippen LogP contribution in [-0.2, 0) is 17.5 Å². The first-order chi connectivity index (χ1) is 12.6. The van der Waals surface area contributed by atoms with Gasteiger partial charge in [0.05, 0.1) is 16.6 Å². The van der Waals surface area contributed by atoms with Crippen molar-refractivity contribution in [2.75, 3.05) is 5.32 Å². The summed E-state index contributed by atoms with van der Waals surface area (Å²) in [6.07, 6.45) is -4.60. The Bertz CT molecular complexity index is 1040. The van der Waals surface area contributed by atoms with Crippen LogP contribution in [0, 0.1) is 25.5 Å². The minimum Gasteiger partial charge on any atom is -0.324 e. The van der Waals surface area contributed by atoms with Crippen molar-refractivity contribution < 1.29 is 26.7 Å². The number of nitrogens with one attached hydrogen (secondary N) is 1. The van der Waals surface area contributed by atoms with Gasteiger partial charge < -0.3 is 5.32 Å². The molecule has 27 heavy (non-hydrogen) atoms. The molecule has 142 valence electrons. The number of hydrogen-bond acceptors (Lipinski definition) is 3. The van der Waals surface area contributed by atoms with Gasteiger partial charge in [-0.2, -0.15) is 18.3 Å². The number of fused-ring (bicyclic) bond motifs is 1. The third-order valence-electron chi connectivity index (χ3n) is 3.81. The first kappa shape index (κ1) is 18.7. The summed E-state index contributed by atoms with van der Waals surface area (Å²) < 4.78 is 67.1. The van der Waals surface area contributed by atoms with Gasteiger partial charge in [0.25, 0.3) is 0 Å². The van der Waals surface area contributed by atoms with Crippen molar-refractivity contribution >= 4 is 22.6 Å². The summed E-state index contributed by atoms with van der Waals surface area (Å²) in [5.74, 6) is -2.89. The molecule has 3 aromatic rings. The Hall–Kier alpha value is -3.04. The molecule has 0 saturated heterocycles. The summed E-state index contributed by atoms with van der Waals surface area (Å²) in [7, 11) is 0. The largest absolute Gasteiger partial charge is 0.417 e. The molecule has 0 atom stereocenters. The van der Waals surface area contributed by atoms with Crippen LogP contribution in [0.5, 0.6) is 0 Å². The number of halogens is 5. The zero-order chi connectivity index (χ0) is 19.9.